The molecule has 1 unspecified atom stereocenters. The third-order valence-corrected chi connectivity index (χ3v) is 4.39. The molecule has 1 aliphatic heterocycles. The molecule has 0 aliphatic carbocycles. The Morgan fingerprint density at radius 2 is 1.79 bits per heavy atom. The van der Waals surface area contributed by atoms with Crippen molar-refractivity contribution in [2.45, 2.75) is 32.2 Å². The molecular weight excluding hydrogens is 300 g/mol. The largest absolute Gasteiger partial charge is 0.330 e. The summed E-state index contributed by atoms with van der Waals surface area (Å²) in [6.07, 6.45) is 1.93. The van der Waals surface area contributed by atoms with E-state index in [9.17, 15) is 9.59 Å². The number of aryl methyl sites for hydroxylation is 1. The number of rotatable bonds is 4. The van der Waals surface area contributed by atoms with E-state index in [2.05, 4.69) is 5.32 Å². The lowest BCUT2D eigenvalue weighted by atomic mass is 10.1. The summed E-state index contributed by atoms with van der Waals surface area (Å²) in [5.41, 5.74) is 2.90. The summed E-state index contributed by atoms with van der Waals surface area (Å²) >= 11 is 0. The number of benzene rings is 2. The minimum Gasteiger partial charge on any atom is -0.330 e. The molecule has 4 heteroatoms. The molecule has 1 N–H and O–H groups in total. The first-order chi connectivity index (χ1) is 11.6. The van der Waals surface area contributed by atoms with Crippen LogP contribution in [0.5, 0.6) is 0 Å². The van der Waals surface area contributed by atoms with Crippen LogP contribution in [0.4, 0.5) is 5.69 Å². The molecule has 1 fully saturated rings. The van der Waals surface area contributed by atoms with E-state index in [4.69, 9.17) is 0 Å². The van der Waals surface area contributed by atoms with E-state index in [0.717, 1.165) is 29.7 Å². The van der Waals surface area contributed by atoms with Crippen molar-refractivity contribution in [1.82, 2.24) is 4.90 Å². The summed E-state index contributed by atoms with van der Waals surface area (Å²) in [5.74, 6) is -0.0829. The predicted octanol–water partition coefficient (Wildman–Crippen LogP) is 3.17. The number of nitrogens with one attached hydrogen (secondary N) is 1. The van der Waals surface area contributed by atoms with Crippen LogP contribution in [0.3, 0.4) is 0 Å². The first-order valence-electron chi connectivity index (χ1n) is 8.34. The Balaban J connectivity index is 1.65. The van der Waals surface area contributed by atoms with Gasteiger partial charge in [-0.25, -0.2) is 0 Å². The van der Waals surface area contributed by atoms with Gasteiger partial charge in [0.1, 0.15) is 6.04 Å². The monoisotopic (exact) mass is 322 g/mol. The van der Waals surface area contributed by atoms with Crippen LogP contribution in [0.25, 0.3) is 0 Å². The number of carbonyl (C=O) groups excluding carboxylic acids is 2. The van der Waals surface area contributed by atoms with E-state index in [1.54, 1.807) is 4.90 Å². The fourth-order valence-corrected chi connectivity index (χ4v) is 3.07. The van der Waals surface area contributed by atoms with Gasteiger partial charge >= 0.3 is 0 Å². The Kier molecular flexibility index (Phi) is 4.94. The molecule has 24 heavy (non-hydrogen) atoms. The minimum absolute atomic E-state index is 0.0164. The van der Waals surface area contributed by atoms with Crippen molar-refractivity contribution in [3.8, 4) is 0 Å². The Hall–Kier alpha value is -2.62. The summed E-state index contributed by atoms with van der Waals surface area (Å²) in [5, 5.41) is 2.93. The molecule has 1 saturated heterocycles. The normalized spacial score (nSPS) is 16.9. The zero-order valence-electron chi connectivity index (χ0n) is 13.9. The van der Waals surface area contributed by atoms with Crippen molar-refractivity contribution in [1.29, 1.82) is 0 Å². The van der Waals surface area contributed by atoms with Gasteiger partial charge in [-0.3, -0.25) is 9.59 Å². The molecule has 2 aromatic carbocycles. The van der Waals surface area contributed by atoms with Gasteiger partial charge in [0.25, 0.3) is 0 Å². The topological polar surface area (TPSA) is 49.4 Å². The van der Waals surface area contributed by atoms with Gasteiger partial charge in [0.05, 0.1) is 6.42 Å². The molecule has 0 saturated carbocycles. The smallest absolute Gasteiger partial charge is 0.247 e. The third kappa shape index (κ3) is 3.82. The molecule has 1 aliphatic rings. The molecule has 0 spiro atoms. The molecule has 4 nitrogen and oxygen atoms in total. The third-order valence-electron chi connectivity index (χ3n) is 4.39. The summed E-state index contributed by atoms with van der Waals surface area (Å²) in [4.78, 5) is 26.9. The summed E-state index contributed by atoms with van der Waals surface area (Å²) in [6.45, 7) is 2.66. The van der Waals surface area contributed by atoms with Crippen LogP contribution < -0.4 is 5.32 Å². The van der Waals surface area contributed by atoms with Crippen LogP contribution in [0.2, 0.25) is 0 Å². The number of hydrogen-bond acceptors (Lipinski definition) is 2. The van der Waals surface area contributed by atoms with Crippen LogP contribution in [0.1, 0.15) is 24.0 Å². The molecule has 1 heterocycles. The second-order valence-corrected chi connectivity index (χ2v) is 6.26. The lowest BCUT2D eigenvalue weighted by Gasteiger charge is -2.24. The van der Waals surface area contributed by atoms with Crippen molar-refractivity contribution in [2.24, 2.45) is 0 Å². The van der Waals surface area contributed by atoms with E-state index in [0.29, 0.717) is 13.0 Å². The van der Waals surface area contributed by atoms with Gasteiger partial charge in [-0.2, -0.15) is 0 Å². The van der Waals surface area contributed by atoms with Crippen LogP contribution in [0.15, 0.2) is 54.6 Å². The van der Waals surface area contributed by atoms with Crippen LogP contribution in [-0.2, 0) is 16.0 Å². The van der Waals surface area contributed by atoms with Gasteiger partial charge in [0, 0.05) is 12.2 Å². The first kappa shape index (κ1) is 16.2. The lowest BCUT2D eigenvalue weighted by molar-refractivity contribution is -0.136. The molecule has 2 amide bonds. The summed E-state index contributed by atoms with van der Waals surface area (Å²) in [7, 11) is 0. The van der Waals surface area contributed by atoms with Gasteiger partial charge in [-0.05, 0) is 37.5 Å². The van der Waals surface area contributed by atoms with Gasteiger partial charge in [-0.1, -0.05) is 48.0 Å². The molecular formula is C20H22N2O2. The van der Waals surface area contributed by atoms with Crippen molar-refractivity contribution >= 4 is 17.5 Å². The van der Waals surface area contributed by atoms with Crippen LogP contribution >= 0.6 is 0 Å². The van der Waals surface area contributed by atoms with E-state index in [1.165, 1.54) is 0 Å². The molecule has 0 aromatic heterocycles. The second-order valence-electron chi connectivity index (χ2n) is 6.26. The van der Waals surface area contributed by atoms with Crippen LogP contribution in [0, 0.1) is 6.92 Å². The van der Waals surface area contributed by atoms with Gasteiger partial charge < -0.3 is 10.2 Å². The van der Waals surface area contributed by atoms with E-state index < -0.39 is 0 Å². The van der Waals surface area contributed by atoms with Gasteiger partial charge in [0.15, 0.2) is 0 Å². The molecule has 124 valence electrons. The number of likely N-dealkylation sites (tertiary alicyclic amines) is 1. The van der Waals surface area contributed by atoms with Crippen molar-refractivity contribution in [2.75, 3.05) is 11.9 Å². The maximum absolute atomic E-state index is 12.6. The van der Waals surface area contributed by atoms with Crippen LogP contribution in [-0.4, -0.2) is 29.3 Å². The highest BCUT2D eigenvalue weighted by molar-refractivity contribution is 5.97. The number of amides is 2. The number of carbonyl (C=O) groups is 2. The average molecular weight is 322 g/mol. The summed E-state index contributed by atoms with van der Waals surface area (Å²) in [6, 6.07) is 17.0. The predicted molar refractivity (Wildman–Crippen MR) is 94.7 cm³/mol. The Bertz CT molecular complexity index is 710. The van der Waals surface area contributed by atoms with Crippen molar-refractivity contribution in [3.05, 3.63) is 65.7 Å². The fraction of sp³-hybridized carbons (Fsp3) is 0.300. The Labute approximate surface area is 142 Å². The zero-order valence-corrected chi connectivity index (χ0v) is 13.9. The quantitative estimate of drug-likeness (QED) is 0.940. The Morgan fingerprint density at radius 1 is 1.08 bits per heavy atom. The van der Waals surface area contributed by atoms with E-state index in [1.807, 2.05) is 61.5 Å². The summed E-state index contributed by atoms with van der Waals surface area (Å²) < 4.78 is 0. The molecule has 1 atom stereocenters. The second kappa shape index (κ2) is 7.30. The maximum Gasteiger partial charge on any atom is 0.247 e. The molecule has 3 rings (SSSR count). The minimum atomic E-state index is -0.373. The Morgan fingerprint density at radius 3 is 2.50 bits per heavy atom. The highest BCUT2D eigenvalue weighted by Crippen LogP contribution is 2.21. The standard InChI is InChI=1S/C20H22N2O2/c1-15-9-11-17(12-10-15)21-20(24)18-8-5-13-22(18)19(23)14-16-6-3-2-4-7-16/h2-4,6-7,9-12,18H,5,8,13-14H2,1H3,(H,21,24). The first-order valence-corrected chi connectivity index (χ1v) is 8.34. The van der Waals surface area contributed by atoms with Crippen molar-refractivity contribution < 1.29 is 9.59 Å². The number of nitrogens with zero attached hydrogens (tertiary/aromatic N) is 1. The highest BCUT2D eigenvalue weighted by atomic mass is 16.2. The number of hydrogen-bond donors (Lipinski definition) is 1. The SMILES string of the molecule is Cc1ccc(NC(=O)C2CCCN2C(=O)Cc2ccccc2)cc1. The van der Waals surface area contributed by atoms with E-state index >= 15 is 0 Å². The highest BCUT2D eigenvalue weighted by Gasteiger charge is 2.33. The van der Waals surface area contributed by atoms with Gasteiger partial charge in [0.2, 0.25) is 11.8 Å². The zero-order chi connectivity index (χ0) is 16.9. The lowest BCUT2D eigenvalue weighted by Crippen LogP contribution is -2.43. The van der Waals surface area contributed by atoms with E-state index in [-0.39, 0.29) is 17.9 Å². The maximum atomic E-state index is 12.6. The molecule has 0 radical (unpaired) electrons. The average Bonchev–Trinajstić information content (AvgIpc) is 3.08. The fourth-order valence-electron chi connectivity index (χ4n) is 3.07. The number of anilines is 1. The molecule has 0 bridgehead atoms. The van der Waals surface area contributed by atoms with Gasteiger partial charge in [-0.15, -0.1) is 0 Å². The van der Waals surface area contributed by atoms with Crippen molar-refractivity contribution in [3.63, 3.8) is 0 Å². The molecule has 2 aromatic rings.